The van der Waals surface area contributed by atoms with Crippen LogP contribution in [0.25, 0.3) is 6.08 Å². The molecule has 0 heterocycles. The number of allylic oxidation sites excluding steroid dienone is 1. The Labute approximate surface area is 81.6 Å². The van der Waals surface area contributed by atoms with E-state index >= 15 is 0 Å². The molecule has 5 heteroatoms. The van der Waals surface area contributed by atoms with E-state index in [0.29, 0.717) is 6.29 Å². The first-order chi connectivity index (χ1) is 6.55. The van der Waals surface area contributed by atoms with Crippen LogP contribution in [0.5, 0.6) is 0 Å². The summed E-state index contributed by atoms with van der Waals surface area (Å²) in [5.41, 5.74) is 0.280. The second kappa shape index (κ2) is 4.17. The lowest BCUT2D eigenvalue weighted by molar-refractivity contribution is -0.104. The molecule has 0 amide bonds. The van der Waals surface area contributed by atoms with E-state index in [9.17, 15) is 13.2 Å². The summed E-state index contributed by atoms with van der Waals surface area (Å²) >= 11 is 0. The third-order valence-electron chi connectivity index (χ3n) is 1.55. The first kappa shape index (κ1) is 10.6. The van der Waals surface area contributed by atoms with Crippen LogP contribution < -0.4 is 0 Å². The lowest BCUT2D eigenvalue weighted by Gasteiger charge is -2.00. The Morgan fingerprint density at radius 3 is 2.43 bits per heavy atom. The summed E-state index contributed by atoms with van der Waals surface area (Å²) in [5.74, 6) is 0. The summed E-state index contributed by atoms with van der Waals surface area (Å²) in [4.78, 5) is 9.83. The molecule has 1 aromatic rings. The molecular weight excluding hydrogens is 204 g/mol. The predicted octanol–water partition coefficient (Wildman–Crippen LogP) is 1.15. The molecule has 1 aromatic carbocycles. The van der Waals surface area contributed by atoms with Crippen LogP contribution in [0.4, 0.5) is 0 Å². The highest BCUT2D eigenvalue weighted by molar-refractivity contribution is 7.85. The summed E-state index contributed by atoms with van der Waals surface area (Å²) in [5, 5.41) is 0. The summed E-state index contributed by atoms with van der Waals surface area (Å²) < 4.78 is 30.5. The van der Waals surface area contributed by atoms with Crippen LogP contribution in [0.15, 0.2) is 35.2 Å². The van der Waals surface area contributed by atoms with E-state index in [1.807, 2.05) is 0 Å². The molecule has 0 spiro atoms. The minimum Gasteiger partial charge on any atom is -0.299 e. The van der Waals surface area contributed by atoms with Crippen molar-refractivity contribution in [1.82, 2.24) is 0 Å². The van der Waals surface area contributed by atoms with Crippen LogP contribution in [0.1, 0.15) is 5.56 Å². The third kappa shape index (κ3) is 2.51. The number of carbonyl (C=O) groups is 1. The minimum atomic E-state index is -4.23. The summed E-state index contributed by atoms with van der Waals surface area (Å²) in [6, 6.07) is 5.85. The van der Waals surface area contributed by atoms with Crippen molar-refractivity contribution >= 4 is 22.5 Å². The van der Waals surface area contributed by atoms with Crippen molar-refractivity contribution in [3.05, 3.63) is 35.9 Å². The van der Waals surface area contributed by atoms with E-state index in [2.05, 4.69) is 0 Å². The molecule has 0 aliphatic carbocycles. The van der Waals surface area contributed by atoms with Gasteiger partial charge in [0.15, 0.2) is 0 Å². The quantitative estimate of drug-likeness (QED) is 0.463. The third-order valence-corrected chi connectivity index (χ3v) is 2.48. The van der Waals surface area contributed by atoms with E-state index in [1.54, 1.807) is 6.07 Å². The minimum absolute atomic E-state index is 0.210. The molecule has 1 rings (SSSR count). The van der Waals surface area contributed by atoms with Gasteiger partial charge >= 0.3 is 0 Å². The summed E-state index contributed by atoms with van der Waals surface area (Å²) in [6.07, 6.45) is 3.00. The maximum Gasteiger partial charge on any atom is 0.295 e. The average Bonchev–Trinajstić information content (AvgIpc) is 2.14. The predicted molar refractivity (Wildman–Crippen MR) is 51.4 cm³/mol. The molecule has 0 aromatic heterocycles. The molecule has 0 fully saturated rings. The van der Waals surface area contributed by atoms with Gasteiger partial charge in [0.25, 0.3) is 10.1 Å². The highest BCUT2D eigenvalue weighted by Crippen LogP contribution is 2.15. The first-order valence-electron chi connectivity index (χ1n) is 3.74. The fraction of sp³-hybridized carbons (Fsp3) is 0. The largest absolute Gasteiger partial charge is 0.299 e. The Morgan fingerprint density at radius 2 is 1.86 bits per heavy atom. The number of rotatable bonds is 3. The molecule has 74 valence electrons. The number of hydrogen-bond acceptors (Lipinski definition) is 3. The number of carbonyl (C=O) groups excluding carboxylic acids is 1. The van der Waals surface area contributed by atoms with Crippen molar-refractivity contribution in [2.24, 2.45) is 0 Å². The highest BCUT2D eigenvalue weighted by Gasteiger charge is 2.12. The van der Waals surface area contributed by atoms with Crippen LogP contribution in [0.2, 0.25) is 0 Å². The van der Waals surface area contributed by atoms with Gasteiger partial charge in [-0.3, -0.25) is 9.35 Å². The Kier molecular flexibility index (Phi) is 3.16. The molecule has 0 unspecified atom stereocenters. The van der Waals surface area contributed by atoms with Crippen LogP contribution in [0.3, 0.4) is 0 Å². The van der Waals surface area contributed by atoms with Crippen molar-refractivity contribution < 1.29 is 17.8 Å². The zero-order chi connectivity index (χ0) is 10.6. The van der Waals surface area contributed by atoms with Gasteiger partial charge in [-0.15, -0.1) is 0 Å². The maximum absolute atomic E-state index is 10.9. The fourth-order valence-electron chi connectivity index (χ4n) is 0.996. The van der Waals surface area contributed by atoms with Gasteiger partial charge in [0, 0.05) is 0 Å². The Bertz CT molecular complexity index is 459. The van der Waals surface area contributed by atoms with Crippen molar-refractivity contribution in [3.63, 3.8) is 0 Å². The molecule has 0 aliphatic heterocycles. The first-order valence-corrected chi connectivity index (χ1v) is 5.18. The molecule has 0 radical (unpaired) electrons. The van der Waals surface area contributed by atoms with Crippen LogP contribution in [0, 0.1) is 0 Å². The fourth-order valence-corrected chi connectivity index (χ4v) is 1.68. The van der Waals surface area contributed by atoms with Gasteiger partial charge in [-0.05, 0) is 17.7 Å². The molecule has 0 atom stereocenters. The van der Waals surface area contributed by atoms with Crippen molar-refractivity contribution in [1.29, 1.82) is 0 Å². The van der Waals surface area contributed by atoms with Gasteiger partial charge < -0.3 is 0 Å². The second-order valence-corrected chi connectivity index (χ2v) is 3.90. The van der Waals surface area contributed by atoms with E-state index in [0.717, 1.165) is 6.08 Å². The number of benzene rings is 1. The maximum atomic E-state index is 10.9. The van der Waals surface area contributed by atoms with Crippen LogP contribution in [-0.2, 0) is 14.9 Å². The lowest BCUT2D eigenvalue weighted by Crippen LogP contribution is -2.00. The van der Waals surface area contributed by atoms with Crippen molar-refractivity contribution in [2.45, 2.75) is 4.90 Å². The van der Waals surface area contributed by atoms with E-state index < -0.39 is 10.1 Å². The zero-order valence-electron chi connectivity index (χ0n) is 7.12. The smallest absolute Gasteiger partial charge is 0.295 e. The van der Waals surface area contributed by atoms with Crippen molar-refractivity contribution in [3.8, 4) is 0 Å². The zero-order valence-corrected chi connectivity index (χ0v) is 7.94. The van der Waals surface area contributed by atoms with Gasteiger partial charge in [-0.2, -0.15) is 8.42 Å². The standard InChI is InChI=1S/C9H8O4S/c10-7-3-5-8-4-1-2-6-9(8)14(11,12)13/h1-7H,(H,11,12,13)/b5-3+. The Balaban J connectivity index is 3.30. The molecular formula is C9H8O4S. The molecule has 4 nitrogen and oxygen atoms in total. The lowest BCUT2D eigenvalue weighted by atomic mass is 10.2. The Hall–Kier alpha value is -1.46. The van der Waals surface area contributed by atoms with Gasteiger partial charge in [-0.25, -0.2) is 0 Å². The average molecular weight is 212 g/mol. The van der Waals surface area contributed by atoms with Crippen LogP contribution >= 0.6 is 0 Å². The van der Waals surface area contributed by atoms with E-state index in [-0.39, 0.29) is 10.5 Å². The van der Waals surface area contributed by atoms with E-state index in [4.69, 9.17) is 4.55 Å². The Morgan fingerprint density at radius 1 is 1.21 bits per heavy atom. The molecule has 0 aliphatic rings. The normalized spacial score (nSPS) is 11.8. The van der Waals surface area contributed by atoms with Gasteiger partial charge in [0.05, 0.1) is 0 Å². The molecule has 14 heavy (non-hydrogen) atoms. The summed E-state index contributed by atoms with van der Waals surface area (Å²) in [7, 11) is -4.23. The molecule has 0 saturated heterocycles. The monoisotopic (exact) mass is 212 g/mol. The second-order valence-electron chi connectivity index (χ2n) is 2.51. The van der Waals surface area contributed by atoms with E-state index in [1.165, 1.54) is 24.3 Å². The SMILES string of the molecule is O=C/C=C/c1ccccc1S(=O)(=O)O. The topological polar surface area (TPSA) is 71.4 Å². The molecule has 1 N–H and O–H groups in total. The van der Waals surface area contributed by atoms with Gasteiger partial charge in [0.2, 0.25) is 0 Å². The molecule has 0 bridgehead atoms. The summed E-state index contributed by atoms with van der Waals surface area (Å²) in [6.45, 7) is 0. The van der Waals surface area contributed by atoms with Crippen LogP contribution in [-0.4, -0.2) is 19.3 Å². The molecule has 0 saturated carbocycles. The number of hydrogen-bond donors (Lipinski definition) is 1. The van der Waals surface area contributed by atoms with Gasteiger partial charge in [0.1, 0.15) is 11.2 Å². The number of aldehydes is 1. The van der Waals surface area contributed by atoms with Crippen molar-refractivity contribution in [2.75, 3.05) is 0 Å². The highest BCUT2D eigenvalue weighted by atomic mass is 32.2. The van der Waals surface area contributed by atoms with Gasteiger partial charge in [-0.1, -0.05) is 24.3 Å².